The zero-order chi connectivity index (χ0) is 18.9. The maximum atomic E-state index is 6.07. The number of rotatable bonds is 1. The smallest absolute Gasteiger partial charge is 0.132 e. The highest BCUT2D eigenvalue weighted by molar-refractivity contribution is 7.25. The largest absolute Gasteiger partial charge is 0.492 e. The fraction of sp³-hybridized carbons (Fsp3) is 0.0769. The number of benzene rings is 4. The summed E-state index contributed by atoms with van der Waals surface area (Å²) >= 11 is 1.86. The van der Waals surface area contributed by atoms with E-state index in [1.165, 1.54) is 53.2 Å². The minimum atomic E-state index is 0.779. The SMILES string of the molecule is c1ccc2c(c1)sc1ccc(-n3c4ccccc4c4c5c(ccc43)CCO5)cc12. The normalized spacial score (nSPS) is 13.5. The summed E-state index contributed by atoms with van der Waals surface area (Å²) in [6, 6.07) is 28.7. The zero-order valence-corrected chi connectivity index (χ0v) is 16.5. The molecule has 0 N–H and O–H groups in total. The number of para-hydroxylation sites is 1. The van der Waals surface area contributed by atoms with E-state index in [9.17, 15) is 0 Å². The predicted octanol–water partition coefficient (Wildman–Crippen LogP) is 7.09. The number of hydrogen-bond donors (Lipinski definition) is 0. The van der Waals surface area contributed by atoms with Crippen LogP contribution in [0.5, 0.6) is 5.75 Å². The van der Waals surface area contributed by atoms with E-state index in [4.69, 9.17) is 4.74 Å². The van der Waals surface area contributed by atoms with Crippen molar-refractivity contribution in [2.24, 2.45) is 0 Å². The maximum absolute atomic E-state index is 6.07. The Morgan fingerprint density at radius 3 is 2.52 bits per heavy atom. The first kappa shape index (κ1) is 15.6. The number of nitrogens with zero attached hydrogens (tertiary/aromatic N) is 1. The summed E-state index contributed by atoms with van der Waals surface area (Å²) in [5, 5.41) is 5.16. The lowest BCUT2D eigenvalue weighted by molar-refractivity contribution is 0.360. The molecule has 29 heavy (non-hydrogen) atoms. The van der Waals surface area contributed by atoms with Crippen molar-refractivity contribution in [1.29, 1.82) is 0 Å². The molecule has 0 aliphatic carbocycles. The van der Waals surface area contributed by atoms with Crippen LogP contribution in [0.2, 0.25) is 0 Å². The zero-order valence-electron chi connectivity index (χ0n) is 15.7. The van der Waals surface area contributed by atoms with Gasteiger partial charge in [-0.05, 0) is 42.0 Å². The Balaban J connectivity index is 1.62. The maximum Gasteiger partial charge on any atom is 0.132 e. The molecule has 2 aromatic heterocycles. The number of thiophene rings is 1. The Hall–Kier alpha value is -3.30. The highest BCUT2D eigenvalue weighted by Gasteiger charge is 2.21. The third-order valence-corrected chi connectivity index (χ3v) is 7.26. The third kappa shape index (κ3) is 2.05. The average Bonchev–Trinajstić information content (AvgIpc) is 3.46. The Morgan fingerprint density at radius 2 is 1.55 bits per heavy atom. The standard InChI is InChI=1S/C26H17NOS/c1-3-7-21-19(6-1)25-22(11-9-16-13-14-28-26(16)25)27(21)17-10-12-24-20(15-17)18-5-2-4-8-23(18)29-24/h1-12,15H,13-14H2. The monoisotopic (exact) mass is 391 g/mol. The number of fused-ring (bicyclic) bond motifs is 8. The molecule has 2 nitrogen and oxygen atoms in total. The van der Waals surface area contributed by atoms with Gasteiger partial charge in [0.2, 0.25) is 0 Å². The summed E-state index contributed by atoms with van der Waals surface area (Å²) < 4.78 is 11.1. The minimum Gasteiger partial charge on any atom is -0.492 e. The van der Waals surface area contributed by atoms with Gasteiger partial charge in [-0.1, -0.05) is 42.5 Å². The topological polar surface area (TPSA) is 14.2 Å². The van der Waals surface area contributed by atoms with Crippen LogP contribution in [0.15, 0.2) is 78.9 Å². The second-order valence-electron chi connectivity index (χ2n) is 7.68. The van der Waals surface area contributed by atoms with Crippen molar-refractivity contribution >= 4 is 53.3 Å². The van der Waals surface area contributed by atoms with Gasteiger partial charge in [-0.15, -0.1) is 11.3 Å². The number of aromatic nitrogens is 1. The van der Waals surface area contributed by atoms with Crippen LogP contribution in [-0.2, 0) is 6.42 Å². The van der Waals surface area contributed by atoms with Crippen molar-refractivity contribution < 1.29 is 4.74 Å². The number of hydrogen-bond acceptors (Lipinski definition) is 2. The molecule has 138 valence electrons. The average molecular weight is 391 g/mol. The van der Waals surface area contributed by atoms with Gasteiger partial charge in [0, 0.05) is 37.7 Å². The molecule has 0 saturated heterocycles. The Bertz CT molecular complexity index is 1590. The van der Waals surface area contributed by atoms with Gasteiger partial charge < -0.3 is 9.30 Å². The molecule has 0 radical (unpaired) electrons. The lowest BCUT2D eigenvalue weighted by atomic mass is 10.1. The summed E-state index contributed by atoms with van der Waals surface area (Å²) in [6.07, 6.45) is 0.998. The summed E-state index contributed by atoms with van der Waals surface area (Å²) in [7, 11) is 0. The molecule has 3 heterocycles. The first-order chi connectivity index (χ1) is 14.4. The van der Waals surface area contributed by atoms with Crippen LogP contribution in [0.25, 0.3) is 47.7 Å². The van der Waals surface area contributed by atoms with Gasteiger partial charge in [0.05, 0.1) is 23.0 Å². The van der Waals surface area contributed by atoms with E-state index in [1.807, 2.05) is 11.3 Å². The Kier molecular flexibility index (Phi) is 3.02. The first-order valence-corrected chi connectivity index (χ1v) is 10.8. The molecule has 1 aliphatic heterocycles. The summed E-state index contributed by atoms with van der Waals surface area (Å²) in [6.45, 7) is 0.779. The first-order valence-electron chi connectivity index (χ1n) is 9.98. The van der Waals surface area contributed by atoms with E-state index in [0.29, 0.717) is 0 Å². The Morgan fingerprint density at radius 1 is 0.724 bits per heavy atom. The van der Waals surface area contributed by atoms with Crippen LogP contribution in [0.1, 0.15) is 5.56 Å². The van der Waals surface area contributed by atoms with E-state index < -0.39 is 0 Å². The lowest BCUT2D eigenvalue weighted by Crippen LogP contribution is -1.93. The second-order valence-corrected chi connectivity index (χ2v) is 8.76. The summed E-state index contributed by atoms with van der Waals surface area (Å²) in [4.78, 5) is 0. The molecule has 4 aromatic carbocycles. The molecule has 0 atom stereocenters. The molecular formula is C26H17NOS. The Labute approximate surface area is 171 Å². The van der Waals surface area contributed by atoms with Gasteiger partial charge in [0.25, 0.3) is 0 Å². The van der Waals surface area contributed by atoms with Crippen LogP contribution in [0.3, 0.4) is 0 Å². The molecule has 0 amide bonds. The molecule has 0 unspecified atom stereocenters. The van der Waals surface area contributed by atoms with Crippen LogP contribution < -0.4 is 4.74 Å². The fourth-order valence-electron chi connectivity index (χ4n) is 4.83. The van der Waals surface area contributed by atoms with Crippen molar-refractivity contribution in [1.82, 2.24) is 4.57 Å². The van der Waals surface area contributed by atoms with Gasteiger partial charge in [-0.3, -0.25) is 0 Å². The third-order valence-electron chi connectivity index (χ3n) is 6.11. The van der Waals surface area contributed by atoms with Crippen LogP contribution in [-0.4, -0.2) is 11.2 Å². The molecule has 0 bridgehead atoms. The van der Waals surface area contributed by atoms with E-state index in [2.05, 4.69) is 83.4 Å². The van der Waals surface area contributed by atoms with Crippen LogP contribution >= 0.6 is 11.3 Å². The van der Waals surface area contributed by atoms with E-state index in [-0.39, 0.29) is 0 Å². The fourth-order valence-corrected chi connectivity index (χ4v) is 5.91. The van der Waals surface area contributed by atoms with E-state index in [1.54, 1.807) is 0 Å². The molecule has 6 aromatic rings. The van der Waals surface area contributed by atoms with E-state index >= 15 is 0 Å². The van der Waals surface area contributed by atoms with Gasteiger partial charge >= 0.3 is 0 Å². The quantitative estimate of drug-likeness (QED) is 0.292. The highest BCUT2D eigenvalue weighted by Crippen LogP contribution is 2.42. The van der Waals surface area contributed by atoms with Crippen molar-refractivity contribution in [2.45, 2.75) is 6.42 Å². The second kappa shape index (κ2) is 5.62. The lowest BCUT2D eigenvalue weighted by Gasteiger charge is -2.09. The van der Waals surface area contributed by atoms with Crippen molar-refractivity contribution in [3.8, 4) is 11.4 Å². The summed E-state index contributed by atoms with van der Waals surface area (Å²) in [5.74, 6) is 1.07. The number of ether oxygens (including phenoxy) is 1. The molecule has 0 spiro atoms. The molecular weight excluding hydrogens is 374 g/mol. The summed E-state index contributed by atoms with van der Waals surface area (Å²) in [5.41, 5.74) is 4.96. The van der Waals surface area contributed by atoms with Crippen molar-refractivity contribution in [2.75, 3.05) is 6.61 Å². The molecule has 3 heteroatoms. The molecule has 0 fully saturated rings. The van der Waals surface area contributed by atoms with Gasteiger partial charge in [0.15, 0.2) is 0 Å². The van der Waals surface area contributed by atoms with Gasteiger partial charge in [-0.25, -0.2) is 0 Å². The van der Waals surface area contributed by atoms with Crippen molar-refractivity contribution in [3.63, 3.8) is 0 Å². The van der Waals surface area contributed by atoms with Crippen molar-refractivity contribution in [3.05, 3.63) is 84.4 Å². The molecule has 0 saturated carbocycles. The van der Waals surface area contributed by atoms with E-state index in [0.717, 1.165) is 18.8 Å². The predicted molar refractivity (Wildman–Crippen MR) is 123 cm³/mol. The highest BCUT2D eigenvalue weighted by atomic mass is 32.1. The van der Waals surface area contributed by atoms with Gasteiger partial charge in [-0.2, -0.15) is 0 Å². The van der Waals surface area contributed by atoms with Crippen LogP contribution in [0, 0.1) is 0 Å². The molecule has 7 rings (SSSR count). The van der Waals surface area contributed by atoms with Gasteiger partial charge in [0.1, 0.15) is 5.75 Å². The molecule has 1 aliphatic rings. The minimum absolute atomic E-state index is 0.779. The van der Waals surface area contributed by atoms with Crippen LogP contribution in [0.4, 0.5) is 0 Å².